The number of aromatic nitrogens is 1. The number of nitrogens with one attached hydrogen (secondary N) is 2. The van der Waals surface area contributed by atoms with Gasteiger partial charge in [0.2, 0.25) is 0 Å². The minimum Gasteiger partial charge on any atom is -0.462 e. The maximum absolute atomic E-state index is 13.4. The molecule has 0 radical (unpaired) electrons. The van der Waals surface area contributed by atoms with Crippen LogP contribution in [0, 0.1) is 0 Å². The highest BCUT2D eigenvalue weighted by Gasteiger charge is 2.23. The lowest BCUT2D eigenvalue weighted by Crippen LogP contribution is -2.19. The number of hydrogen-bond donors (Lipinski definition) is 2. The van der Waals surface area contributed by atoms with Crippen molar-refractivity contribution >= 4 is 40.0 Å². The molecule has 1 amide bonds. The van der Waals surface area contributed by atoms with E-state index in [0.29, 0.717) is 21.4 Å². The predicted molar refractivity (Wildman–Crippen MR) is 152 cm³/mol. The van der Waals surface area contributed by atoms with Gasteiger partial charge in [0.05, 0.1) is 18.9 Å². The highest BCUT2D eigenvalue weighted by molar-refractivity contribution is 7.18. The van der Waals surface area contributed by atoms with E-state index in [0.717, 1.165) is 28.0 Å². The number of esters is 2. The zero-order valence-corrected chi connectivity index (χ0v) is 22.3. The highest BCUT2D eigenvalue weighted by Crippen LogP contribution is 2.32. The van der Waals surface area contributed by atoms with Gasteiger partial charge in [-0.05, 0) is 37.1 Å². The minimum atomic E-state index is -0.819. The number of rotatable bonds is 10. The fraction of sp³-hybridized carbons (Fsp3) is 0.133. The number of benzene rings is 3. The Balaban J connectivity index is 1.60. The normalized spacial score (nSPS) is 10.3. The van der Waals surface area contributed by atoms with Gasteiger partial charge in [0.25, 0.3) is 5.91 Å². The van der Waals surface area contributed by atoms with Crippen molar-refractivity contribution in [2.24, 2.45) is 0 Å². The van der Waals surface area contributed by atoms with E-state index in [1.54, 1.807) is 13.8 Å². The van der Waals surface area contributed by atoms with Crippen LogP contribution in [0.15, 0.2) is 96.7 Å². The maximum atomic E-state index is 13.4. The van der Waals surface area contributed by atoms with Crippen LogP contribution < -0.4 is 10.6 Å². The van der Waals surface area contributed by atoms with Crippen LogP contribution in [0.25, 0.3) is 22.4 Å². The smallest absolute Gasteiger partial charge is 0.347 e. The Morgan fingerprint density at radius 2 is 1.31 bits per heavy atom. The van der Waals surface area contributed by atoms with Crippen molar-refractivity contribution < 1.29 is 23.9 Å². The molecule has 2 N–H and O–H groups in total. The van der Waals surface area contributed by atoms with E-state index < -0.39 is 11.9 Å². The molecular weight excluding hydrogens is 514 g/mol. The Kier molecular flexibility index (Phi) is 9.20. The van der Waals surface area contributed by atoms with Crippen molar-refractivity contribution in [3.05, 3.63) is 102 Å². The Hall–Kier alpha value is -4.76. The summed E-state index contributed by atoms with van der Waals surface area (Å²) in [5.74, 6) is -1.98. The number of thiazole rings is 1. The molecule has 1 aromatic heterocycles. The van der Waals surface area contributed by atoms with Gasteiger partial charge in [0, 0.05) is 17.5 Å². The molecule has 0 aliphatic heterocycles. The molecule has 0 aliphatic carbocycles. The first-order valence-electron chi connectivity index (χ1n) is 12.3. The number of amides is 1. The fourth-order valence-electron chi connectivity index (χ4n) is 3.64. The Morgan fingerprint density at radius 1 is 0.769 bits per heavy atom. The predicted octanol–water partition coefficient (Wildman–Crippen LogP) is 6.15. The van der Waals surface area contributed by atoms with Crippen LogP contribution >= 0.6 is 11.3 Å². The Morgan fingerprint density at radius 3 is 1.87 bits per heavy atom. The first-order chi connectivity index (χ1) is 19.0. The van der Waals surface area contributed by atoms with Gasteiger partial charge in [-0.2, -0.15) is 0 Å². The van der Waals surface area contributed by atoms with Crippen LogP contribution in [0.4, 0.5) is 10.8 Å². The summed E-state index contributed by atoms with van der Waals surface area (Å²) in [6, 6.07) is 26.8. The van der Waals surface area contributed by atoms with E-state index in [1.807, 2.05) is 84.9 Å². The molecule has 9 heteroatoms. The number of carbonyl (C=O) groups is 3. The topological polar surface area (TPSA) is 107 Å². The number of nitrogens with zero attached hydrogens (tertiary/aromatic N) is 1. The van der Waals surface area contributed by atoms with Gasteiger partial charge in [0.15, 0.2) is 10.7 Å². The molecule has 0 spiro atoms. The lowest BCUT2D eigenvalue weighted by atomic mass is 10.1. The third-order valence-electron chi connectivity index (χ3n) is 5.46. The van der Waals surface area contributed by atoms with Crippen LogP contribution in [-0.4, -0.2) is 36.0 Å². The van der Waals surface area contributed by atoms with E-state index >= 15 is 0 Å². The van der Waals surface area contributed by atoms with Crippen LogP contribution in [0.2, 0.25) is 0 Å². The highest BCUT2D eigenvalue weighted by atomic mass is 32.1. The molecule has 0 bridgehead atoms. The van der Waals surface area contributed by atoms with Gasteiger partial charge in [-0.1, -0.05) is 84.1 Å². The second-order valence-corrected chi connectivity index (χ2v) is 9.10. The molecule has 4 aromatic rings. The lowest BCUT2D eigenvalue weighted by Gasteiger charge is -2.07. The zero-order valence-electron chi connectivity index (χ0n) is 21.5. The van der Waals surface area contributed by atoms with Crippen molar-refractivity contribution in [3.8, 4) is 22.4 Å². The number of hydrogen-bond acceptors (Lipinski definition) is 8. The minimum absolute atomic E-state index is 0.0988. The molecule has 0 saturated heterocycles. The summed E-state index contributed by atoms with van der Waals surface area (Å²) in [6.07, 6.45) is 1.19. The molecule has 0 atom stereocenters. The van der Waals surface area contributed by atoms with Crippen LogP contribution in [0.3, 0.4) is 0 Å². The molecule has 0 fully saturated rings. The molecule has 3 aromatic carbocycles. The monoisotopic (exact) mass is 541 g/mol. The molecule has 4 rings (SSSR count). The van der Waals surface area contributed by atoms with Crippen molar-refractivity contribution in [1.82, 2.24) is 4.98 Å². The standard InChI is InChI=1S/C30H27N3O5S/c1-3-37-28(35)24(29(36)38-4-2)19-31-30-33-25(22-13-9-6-10-14-22)26(39-30)27(34)32-23-17-15-21(16-18-23)20-11-7-5-8-12-20/h5-19H,3-4H2,1-2H3,(H,31,33)(H,32,34). The van der Waals surface area contributed by atoms with Crippen LogP contribution in [0.5, 0.6) is 0 Å². The van der Waals surface area contributed by atoms with E-state index in [2.05, 4.69) is 15.6 Å². The van der Waals surface area contributed by atoms with E-state index in [4.69, 9.17) is 9.47 Å². The quantitative estimate of drug-likeness (QED) is 0.107. The van der Waals surface area contributed by atoms with Gasteiger partial charge < -0.3 is 20.1 Å². The molecule has 1 heterocycles. The summed E-state index contributed by atoms with van der Waals surface area (Å²) < 4.78 is 9.94. The molecule has 0 unspecified atom stereocenters. The zero-order chi connectivity index (χ0) is 27.6. The second-order valence-electron chi connectivity index (χ2n) is 8.10. The summed E-state index contributed by atoms with van der Waals surface area (Å²) in [5, 5.41) is 6.11. The largest absolute Gasteiger partial charge is 0.462 e. The van der Waals surface area contributed by atoms with Crippen molar-refractivity contribution in [2.75, 3.05) is 23.8 Å². The summed E-state index contributed by atoms with van der Waals surface area (Å²) in [5.41, 5.74) is 3.65. The maximum Gasteiger partial charge on any atom is 0.347 e. The molecule has 198 valence electrons. The van der Waals surface area contributed by atoms with Gasteiger partial charge in [-0.15, -0.1) is 0 Å². The summed E-state index contributed by atoms with van der Waals surface area (Å²) >= 11 is 1.09. The van der Waals surface area contributed by atoms with Gasteiger partial charge >= 0.3 is 11.9 Å². The number of ether oxygens (including phenoxy) is 2. The van der Waals surface area contributed by atoms with Gasteiger partial charge in [-0.3, -0.25) is 4.79 Å². The van der Waals surface area contributed by atoms with Crippen molar-refractivity contribution in [3.63, 3.8) is 0 Å². The number of anilines is 2. The van der Waals surface area contributed by atoms with Crippen LogP contribution in [-0.2, 0) is 19.1 Å². The number of carbonyl (C=O) groups excluding carboxylic acids is 3. The van der Waals surface area contributed by atoms with E-state index in [-0.39, 0.29) is 24.7 Å². The Bertz CT molecular complexity index is 1450. The van der Waals surface area contributed by atoms with E-state index in [9.17, 15) is 14.4 Å². The lowest BCUT2D eigenvalue weighted by molar-refractivity contribution is -0.146. The summed E-state index contributed by atoms with van der Waals surface area (Å²) in [6.45, 7) is 3.48. The first-order valence-corrected chi connectivity index (χ1v) is 13.2. The van der Waals surface area contributed by atoms with Gasteiger partial charge in [0.1, 0.15) is 4.88 Å². The third kappa shape index (κ3) is 6.97. The second kappa shape index (κ2) is 13.2. The van der Waals surface area contributed by atoms with Gasteiger partial charge in [-0.25, -0.2) is 14.6 Å². The van der Waals surface area contributed by atoms with Crippen molar-refractivity contribution in [1.29, 1.82) is 0 Å². The van der Waals surface area contributed by atoms with Crippen LogP contribution in [0.1, 0.15) is 23.5 Å². The summed E-state index contributed by atoms with van der Waals surface area (Å²) in [7, 11) is 0. The van der Waals surface area contributed by atoms with E-state index in [1.165, 1.54) is 6.20 Å². The molecule has 39 heavy (non-hydrogen) atoms. The first kappa shape index (κ1) is 27.3. The fourth-order valence-corrected chi connectivity index (χ4v) is 4.50. The van der Waals surface area contributed by atoms with Crippen molar-refractivity contribution in [2.45, 2.75) is 13.8 Å². The average molecular weight is 542 g/mol. The molecular formula is C30H27N3O5S. The summed E-state index contributed by atoms with van der Waals surface area (Å²) in [4.78, 5) is 42.9. The third-order valence-corrected chi connectivity index (χ3v) is 6.45. The molecule has 0 saturated carbocycles. The average Bonchev–Trinajstić information content (AvgIpc) is 3.39. The Labute approximate surface area is 230 Å². The molecule has 8 nitrogen and oxygen atoms in total. The molecule has 0 aliphatic rings. The SMILES string of the molecule is CCOC(=O)C(=CNc1nc(-c2ccccc2)c(C(=O)Nc2ccc(-c3ccccc3)cc2)s1)C(=O)OCC.